The van der Waals surface area contributed by atoms with E-state index < -0.39 is 0 Å². The Bertz CT molecular complexity index is 968. The maximum atomic E-state index is 12.5. The normalized spacial score (nSPS) is 14.7. The summed E-state index contributed by atoms with van der Waals surface area (Å²) < 4.78 is 0. The predicted molar refractivity (Wildman–Crippen MR) is 115 cm³/mol. The van der Waals surface area contributed by atoms with Crippen LogP contribution in [0.5, 0.6) is 0 Å². The van der Waals surface area contributed by atoms with Crippen LogP contribution in [0, 0.1) is 6.92 Å². The van der Waals surface area contributed by atoms with Gasteiger partial charge >= 0.3 is 0 Å². The molecule has 0 saturated heterocycles. The van der Waals surface area contributed by atoms with E-state index in [4.69, 9.17) is 0 Å². The van der Waals surface area contributed by atoms with E-state index in [1.54, 1.807) is 11.3 Å². The van der Waals surface area contributed by atoms with Crippen molar-refractivity contribution in [2.24, 2.45) is 0 Å². The van der Waals surface area contributed by atoms with Crippen molar-refractivity contribution < 1.29 is 4.79 Å². The lowest BCUT2D eigenvalue weighted by atomic mass is 9.94. The van der Waals surface area contributed by atoms with Gasteiger partial charge < -0.3 is 4.90 Å². The second-order valence-electron chi connectivity index (χ2n) is 6.97. The lowest BCUT2D eigenvalue weighted by Crippen LogP contribution is -2.30. The molecule has 0 spiro atoms. The van der Waals surface area contributed by atoms with Gasteiger partial charge in [-0.05, 0) is 54.0 Å². The van der Waals surface area contributed by atoms with Crippen LogP contribution in [0.15, 0.2) is 52.9 Å². The maximum Gasteiger partial charge on any atom is 0.185 e. The number of hydrogen-bond acceptors (Lipinski definition) is 5. The van der Waals surface area contributed by atoms with Gasteiger partial charge in [0.25, 0.3) is 0 Å². The fourth-order valence-electron chi connectivity index (χ4n) is 3.48. The van der Waals surface area contributed by atoms with Crippen molar-refractivity contribution in [3.8, 4) is 0 Å². The minimum absolute atomic E-state index is 0.207. The van der Waals surface area contributed by atoms with E-state index >= 15 is 0 Å². The van der Waals surface area contributed by atoms with Crippen LogP contribution in [0.25, 0.3) is 5.57 Å². The van der Waals surface area contributed by atoms with Gasteiger partial charge in [0.1, 0.15) is 0 Å². The number of hydrogen-bond donors (Lipinski definition) is 0. The van der Waals surface area contributed by atoms with Crippen LogP contribution >= 0.6 is 22.7 Å². The van der Waals surface area contributed by atoms with Crippen LogP contribution in [-0.2, 0) is 6.42 Å². The summed E-state index contributed by atoms with van der Waals surface area (Å²) in [5, 5.41) is 5.10. The largest absolute Gasteiger partial charge is 0.343 e. The fraction of sp³-hybridized carbons (Fsp3) is 0.273. The topological polar surface area (TPSA) is 33.2 Å². The van der Waals surface area contributed by atoms with E-state index in [-0.39, 0.29) is 5.78 Å². The number of ketones is 1. The third-order valence-corrected chi connectivity index (χ3v) is 6.98. The Hall–Kier alpha value is -2.24. The van der Waals surface area contributed by atoms with Crippen molar-refractivity contribution in [2.45, 2.75) is 26.7 Å². The number of carbonyl (C=O) groups is 1. The Kier molecular flexibility index (Phi) is 5.23. The van der Waals surface area contributed by atoms with Crippen LogP contribution in [0.1, 0.15) is 39.7 Å². The SMILES string of the molecule is CC1=C(c2ccc(CC(=O)c3sccc3C)cc2)CN(c2nccs2)CC1. The number of benzene rings is 1. The first-order valence-electron chi connectivity index (χ1n) is 9.11. The predicted octanol–water partition coefficient (Wildman–Crippen LogP) is 5.62. The van der Waals surface area contributed by atoms with Crippen molar-refractivity contribution in [1.29, 1.82) is 0 Å². The number of anilines is 1. The molecule has 0 bridgehead atoms. The van der Waals surface area contributed by atoms with Gasteiger partial charge in [-0.15, -0.1) is 22.7 Å². The van der Waals surface area contributed by atoms with E-state index in [1.807, 2.05) is 29.9 Å². The van der Waals surface area contributed by atoms with Crippen LogP contribution in [0.4, 0.5) is 5.13 Å². The third kappa shape index (κ3) is 3.89. The number of thiophene rings is 1. The zero-order valence-corrected chi connectivity index (χ0v) is 17.2. The van der Waals surface area contributed by atoms with Crippen molar-refractivity contribution in [2.75, 3.05) is 18.0 Å². The molecule has 4 rings (SSSR count). The van der Waals surface area contributed by atoms with E-state index in [0.717, 1.165) is 40.6 Å². The standard InChI is InChI=1S/C22H22N2OS2/c1-15-7-10-24(22-23-9-12-27-22)14-19(15)18-5-3-17(4-6-18)13-20(25)21-16(2)8-11-26-21/h3-6,8-9,11-12H,7,10,13-14H2,1-2H3. The summed E-state index contributed by atoms with van der Waals surface area (Å²) in [5.41, 5.74) is 6.22. The zero-order chi connectivity index (χ0) is 18.8. The molecule has 0 amide bonds. The maximum absolute atomic E-state index is 12.5. The highest BCUT2D eigenvalue weighted by molar-refractivity contribution is 7.13. The molecule has 0 radical (unpaired) electrons. The average Bonchev–Trinajstić information content (AvgIpc) is 3.35. The Morgan fingerprint density at radius 3 is 2.59 bits per heavy atom. The summed E-state index contributed by atoms with van der Waals surface area (Å²) in [4.78, 5) is 20.2. The van der Waals surface area contributed by atoms with Gasteiger partial charge in [0, 0.05) is 31.1 Å². The molecule has 1 aromatic carbocycles. The highest BCUT2D eigenvalue weighted by Crippen LogP contribution is 2.30. The Morgan fingerprint density at radius 1 is 1.11 bits per heavy atom. The number of Topliss-reactive ketones (excluding diaryl/α,β-unsaturated/α-hetero) is 1. The summed E-state index contributed by atoms with van der Waals surface area (Å²) in [5.74, 6) is 0.207. The number of thiazole rings is 1. The summed E-state index contributed by atoms with van der Waals surface area (Å²) in [7, 11) is 0. The highest BCUT2D eigenvalue weighted by atomic mass is 32.1. The lowest BCUT2D eigenvalue weighted by molar-refractivity contribution is 0.0996. The van der Waals surface area contributed by atoms with E-state index in [9.17, 15) is 4.79 Å². The molecule has 138 valence electrons. The van der Waals surface area contributed by atoms with Crippen LogP contribution in [0.3, 0.4) is 0 Å². The molecule has 3 aromatic rings. The smallest absolute Gasteiger partial charge is 0.185 e. The molecule has 0 N–H and O–H groups in total. The zero-order valence-electron chi connectivity index (χ0n) is 15.6. The van der Waals surface area contributed by atoms with Gasteiger partial charge in [0.15, 0.2) is 10.9 Å². The monoisotopic (exact) mass is 394 g/mol. The molecule has 1 aliphatic heterocycles. The molecule has 27 heavy (non-hydrogen) atoms. The number of carbonyl (C=O) groups excluding carboxylic acids is 1. The summed E-state index contributed by atoms with van der Waals surface area (Å²) in [6, 6.07) is 10.5. The van der Waals surface area contributed by atoms with Crippen molar-refractivity contribution in [3.05, 3.63) is 74.4 Å². The molecule has 3 nitrogen and oxygen atoms in total. The average molecular weight is 395 g/mol. The van der Waals surface area contributed by atoms with Crippen molar-refractivity contribution >= 4 is 39.2 Å². The first kappa shape index (κ1) is 18.1. The first-order valence-corrected chi connectivity index (χ1v) is 10.9. The van der Waals surface area contributed by atoms with Gasteiger partial charge in [-0.25, -0.2) is 4.98 Å². The lowest BCUT2D eigenvalue weighted by Gasteiger charge is -2.30. The van der Waals surface area contributed by atoms with Gasteiger partial charge in [0.2, 0.25) is 0 Å². The minimum Gasteiger partial charge on any atom is -0.343 e. The van der Waals surface area contributed by atoms with Crippen molar-refractivity contribution in [3.63, 3.8) is 0 Å². The van der Waals surface area contributed by atoms with Gasteiger partial charge in [0.05, 0.1) is 4.88 Å². The summed E-state index contributed by atoms with van der Waals surface area (Å²) >= 11 is 3.23. The molecule has 1 aliphatic rings. The van der Waals surface area contributed by atoms with E-state index in [1.165, 1.54) is 28.0 Å². The molecule has 2 aromatic heterocycles. The Labute approximate surface area is 168 Å². The van der Waals surface area contributed by atoms with Gasteiger partial charge in [-0.2, -0.15) is 0 Å². The first-order chi connectivity index (χ1) is 13.1. The summed E-state index contributed by atoms with van der Waals surface area (Å²) in [6.45, 7) is 6.15. The van der Waals surface area contributed by atoms with Crippen molar-refractivity contribution in [1.82, 2.24) is 4.98 Å². The Morgan fingerprint density at radius 2 is 1.93 bits per heavy atom. The number of rotatable bonds is 5. The molecule has 0 saturated carbocycles. The second-order valence-corrected chi connectivity index (χ2v) is 8.76. The molecule has 0 unspecified atom stereocenters. The Balaban J connectivity index is 1.50. The van der Waals surface area contributed by atoms with Crippen LogP contribution < -0.4 is 4.90 Å². The number of aryl methyl sites for hydroxylation is 1. The van der Waals surface area contributed by atoms with Gasteiger partial charge in [-0.1, -0.05) is 29.8 Å². The van der Waals surface area contributed by atoms with E-state index in [0.29, 0.717) is 6.42 Å². The molecular formula is C22H22N2OS2. The number of nitrogens with zero attached hydrogens (tertiary/aromatic N) is 2. The van der Waals surface area contributed by atoms with Crippen LogP contribution in [-0.4, -0.2) is 23.9 Å². The summed E-state index contributed by atoms with van der Waals surface area (Å²) in [6.07, 6.45) is 3.39. The van der Waals surface area contributed by atoms with Gasteiger partial charge in [-0.3, -0.25) is 4.79 Å². The molecule has 0 fully saturated rings. The van der Waals surface area contributed by atoms with Crippen LogP contribution in [0.2, 0.25) is 0 Å². The fourth-order valence-corrected chi connectivity index (χ4v) is 5.02. The highest BCUT2D eigenvalue weighted by Gasteiger charge is 2.20. The quantitative estimate of drug-likeness (QED) is 0.526. The minimum atomic E-state index is 0.207. The molecular weight excluding hydrogens is 372 g/mol. The van der Waals surface area contributed by atoms with E-state index in [2.05, 4.69) is 41.1 Å². The molecule has 0 atom stereocenters. The third-order valence-electron chi connectivity index (χ3n) is 5.09. The number of aromatic nitrogens is 1. The molecule has 3 heterocycles. The molecule has 5 heteroatoms. The second kappa shape index (κ2) is 7.79. The molecule has 0 aliphatic carbocycles.